The van der Waals surface area contributed by atoms with Gasteiger partial charge in [0, 0.05) is 18.5 Å². The lowest BCUT2D eigenvalue weighted by molar-refractivity contribution is -0.123. The van der Waals surface area contributed by atoms with Crippen molar-refractivity contribution in [2.24, 2.45) is 5.92 Å². The maximum absolute atomic E-state index is 13.0. The van der Waals surface area contributed by atoms with Crippen LogP contribution in [0.5, 0.6) is 5.75 Å². The molecule has 2 aliphatic rings. The fraction of sp³-hybridized carbons (Fsp3) is 0.500. The van der Waals surface area contributed by atoms with Crippen LogP contribution in [0.4, 0.5) is 0 Å². The standard InChI is InChI=1S/C26H34N2O3/c1-18-9-10-24(31-2)22(13-18)26(30)23(17-28-11-5-6-12-28)27-25(29)16-19-14-20-7-3-4-8-21(20)15-19/h3-4,7-10,13,19,23,26,30H,5-6,11-12,14-17H2,1-2H3,(H,27,29). The Labute approximate surface area is 185 Å². The molecular formula is C26H34N2O3. The van der Waals surface area contributed by atoms with Crippen LogP contribution in [-0.2, 0) is 17.6 Å². The summed E-state index contributed by atoms with van der Waals surface area (Å²) in [6.45, 7) is 4.68. The average Bonchev–Trinajstić information content (AvgIpc) is 3.41. The first kappa shape index (κ1) is 21.8. The van der Waals surface area contributed by atoms with Crippen LogP contribution >= 0.6 is 0 Å². The second kappa shape index (κ2) is 9.84. The van der Waals surface area contributed by atoms with E-state index in [1.807, 2.05) is 25.1 Å². The molecule has 5 nitrogen and oxygen atoms in total. The van der Waals surface area contributed by atoms with Crippen LogP contribution in [0.15, 0.2) is 42.5 Å². The first-order chi connectivity index (χ1) is 15.0. The minimum atomic E-state index is -0.819. The third-order valence-electron chi connectivity index (χ3n) is 6.69. The van der Waals surface area contributed by atoms with Gasteiger partial charge in [0.15, 0.2) is 0 Å². The summed E-state index contributed by atoms with van der Waals surface area (Å²) in [5.74, 6) is 1.01. The summed E-state index contributed by atoms with van der Waals surface area (Å²) in [6.07, 6.45) is 3.92. The monoisotopic (exact) mass is 422 g/mol. The van der Waals surface area contributed by atoms with E-state index in [0.717, 1.165) is 37.1 Å². The van der Waals surface area contributed by atoms with Gasteiger partial charge in [-0.15, -0.1) is 0 Å². The van der Waals surface area contributed by atoms with Crippen molar-refractivity contribution in [2.75, 3.05) is 26.7 Å². The number of nitrogens with zero attached hydrogens (tertiary/aromatic N) is 1. The number of aliphatic hydroxyl groups excluding tert-OH is 1. The third-order valence-corrected chi connectivity index (χ3v) is 6.69. The van der Waals surface area contributed by atoms with Crippen molar-refractivity contribution in [1.82, 2.24) is 10.2 Å². The summed E-state index contributed by atoms with van der Waals surface area (Å²) in [6, 6.07) is 13.9. The molecule has 2 atom stereocenters. The molecule has 1 fully saturated rings. The topological polar surface area (TPSA) is 61.8 Å². The lowest BCUT2D eigenvalue weighted by Gasteiger charge is -2.30. The highest BCUT2D eigenvalue weighted by Crippen LogP contribution is 2.31. The van der Waals surface area contributed by atoms with Crippen molar-refractivity contribution in [2.45, 2.75) is 51.2 Å². The molecule has 0 radical (unpaired) electrons. The average molecular weight is 423 g/mol. The quantitative estimate of drug-likeness (QED) is 0.684. The van der Waals surface area contributed by atoms with Crippen LogP contribution in [0.3, 0.4) is 0 Å². The Morgan fingerprint density at radius 3 is 2.48 bits per heavy atom. The minimum absolute atomic E-state index is 0.0210. The maximum atomic E-state index is 13.0. The normalized spacial score (nSPS) is 18.5. The molecule has 1 heterocycles. The van der Waals surface area contributed by atoms with Gasteiger partial charge >= 0.3 is 0 Å². The molecule has 0 aromatic heterocycles. The Balaban J connectivity index is 1.46. The molecule has 0 spiro atoms. The number of hydrogen-bond donors (Lipinski definition) is 2. The molecule has 0 saturated carbocycles. The molecular weight excluding hydrogens is 388 g/mol. The predicted molar refractivity (Wildman–Crippen MR) is 122 cm³/mol. The van der Waals surface area contributed by atoms with Crippen molar-refractivity contribution in [3.63, 3.8) is 0 Å². The maximum Gasteiger partial charge on any atom is 0.220 e. The van der Waals surface area contributed by atoms with Gasteiger partial charge in [0.2, 0.25) is 5.91 Å². The smallest absolute Gasteiger partial charge is 0.220 e. The van der Waals surface area contributed by atoms with Crippen molar-refractivity contribution < 1.29 is 14.6 Å². The molecule has 166 valence electrons. The number of carbonyl (C=O) groups is 1. The van der Waals surface area contributed by atoms with Crippen molar-refractivity contribution in [3.8, 4) is 5.75 Å². The van der Waals surface area contributed by atoms with E-state index in [4.69, 9.17) is 4.74 Å². The molecule has 31 heavy (non-hydrogen) atoms. The van der Waals surface area contributed by atoms with Gasteiger partial charge in [-0.3, -0.25) is 4.79 Å². The number of fused-ring (bicyclic) bond motifs is 1. The molecule has 2 aromatic rings. The zero-order valence-electron chi connectivity index (χ0n) is 18.6. The van der Waals surface area contributed by atoms with E-state index in [2.05, 4.69) is 34.5 Å². The number of hydrogen-bond acceptors (Lipinski definition) is 4. The van der Waals surface area contributed by atoms with E-state index < -0.39 is 6.10 Å². The van der Waals surface area contributed by atoms with Crippen LogP contribution in [-0.4, -0.2) is 48.7 Å². The highest BCUT2D eigenvalue weighted by Gasteiger charge is 2.30. The van der Waals surface area contributed by atoms with E-state index in [-0.39, 0.29) is 11.9 Å². The predicted octanol–water partition coefficient (Wildman–Crippen LogP) is 3.42. The van der Waals surface area contributed by atoms with E-state index in [1.54, 1.807) is 7.11 Å². The van der Waals surface area contributed by atoms with Crippen molar-refractivity contribution in [3.05, 3.63) is 64.7 Å². The number of aliphatic hydroxyl groups is 1. The summed E-state index contributed by atoms with van der Waals surface area (Å²) >= 11 is 0. The number of likely N-dealkylation sites (tertiary alicyclic amines) is 1. The molecule has 1 aliphatic heterocycles. The minimum Gasteiger partial charge on any atom is -0.496 e. The lowest BCUT2D eigenvalue weighted by Crippen LogP contribution is -2.47. The summed E-state index contributed by atoms with van der Waals surface area (Å²) in [4.78, 5) is 15.4. The first-order valence-corrected chi connectivity index (χ1v) is 11.4. The van der Waals surface area contributed by atoms with Gasteiger partial charge in [-0.2, -0.15) is 0 Å². The van der Waals surface area contributed by atoms with Gasteiger partial charge < -0.3 is 20.1 Å². The zero-order chi connectivity index (χ0) is 21.8. The van der Waals surface area contributed by atoms with Gasteiger partial charge in [-0.05, 0) is 74.9 Å². The van der Waals surface area contributed by atoms with Crippen LogP contribution in [0, 0.1) is 12.8 Å². The third kappa shape index (κ3) is 5.28. The number of methoxy groups -OCH3 is 1. The van der Waals surface area contributed by atoms with E-state index in [1.165, 1.54) is 24.0 Å². The van der Waals surface area contributed by atoms with Crippen molar-refractivity contribution >= 4 is 5.91 Å². The Morgan fingerprint density at radius 1 is 1.16 bits per heavy atom. The molecule has 1 saturated heterocycles. The number of rotatable bonds is 8. The fourth-order valence-electron chi connectivity index (χ4n) is 5.09. The lowest BCUT2D eigenvalue weighted by atomic mass is 9.97. The molecule has 1 aliphatic carbocycles. The SMILES string of the molecule is COc1ccc(C)cc1C(O)C(CN1CCCC1)NC(=O)CC1Cc2ccccc2C1. The van der Waals surface area contributed by atoms with Gasteiger partial charge in [0.25, 0.3) is 0 Å². The Morgan fingerprint density at radius 2 is 1.84 bits per heavy atom. The summed E-state index contributed by atoms with van der Waals surface area (Å²) in [7, 11) is 1.62. The number of nitrogens with one attached hydrogen (secondary N) is 1. The number of carbonyl (C=O) groups excluding carboxylic acids is 1. The number of amides is 1. The largest absolute Gasteiger partial charge is 0.496 e. The Hall–Kier alpha value is -2.37. The molecule has 0 bridgehead atoms. The van der Waals surface area contributed by atoms with Crippen LogP contribution in [0.25, 0.3) is 0 Å². The number of ether oxygens (including phenoxy) is 1. The molecule has 2 unspecified atom stereocenters. The highest BCUT2D eigenvalue weighted by molar-refractivity contribution is 5.77. The van der Waals surface area contributed by atoms with E-state index in [0.29, 0.717) is 24.6 Å². The second-order valence-corrected chi connectivity index (χ2v) is 9.12. The number of benzene rings is 2. The van der Waals surface area contributed by atoms with Gasteiger partial charge in [-0.25, -0.2) is 0 Å². The van der Waals surface area contributed by atoms with Crippen molar-refractivity contribution in [1.29, 1.82) is 0 Å². The van der Waals surface area contributed by atoms with Gasteiger partial charge in [0.1, 0.15) is 11.9 Å². The van der Waals surface area contributed by atoms with E-state index in [9.17, 15) is 9.90 Å². The Kier molecular flexibility index (Phi) is 6.93. The molecule has 4 rings (SSSR count). The van der Waals surface area contributed by atoms with Gasteiger partial charge in [0.05, 0.1) is 13.2 Å². The van der Waals surface area contributed by atoms with Crippen LogP contribution in [0.1, 0.15) is 47.6 Å². The molecule has 2 N–H and O–H groups in total. The summed E-state index contributed by atoms with van der Waals surface area (Å²) in [5, 5.41) is 14.5. The molecule has 5 heteroatoms. The first-order valence-electron chi connectivity index (χ1n) is 11.4. The second-order valence-electron chi connectivity index (χ2n) is 9.12. The van der Waals surface area contributed by atoms with Gasteiger partial charge in [-0.1, -0.05) is 35.9 Å². The van der Waals surface area contributed by atoms with Crippen LogP contribution in [0.2, 0.25) is 0 Å². The zero-order valence-corrected chi connectivity index (χ0v) is 18.6. The molecule has 1 amide bonds. The molecule has 2 aromatic carbocycles. The fourth-order valence-corrected chi connectivity index (χ4v) is 5.09. The summed E-state index contributed by atoms with van der Waals surface area (Å²) < 4.78 is 5.50. The van der Waals surface area contributed by atoms with Crippen LogP contribution < -0.4 is 10.1 Å². The number of aryl methyl sites for hydroxylation is 1. The summed E-state index contributed by atoms with van der Waals surface area (Å²) in [5.41, 5.74) is 4.52. The highest BCUT2D eigenvalue weighted by atomic mass is 16.5. The Bertz CT molecular complexity index is 882. The van der Waals surface area contributed by atoms with E-state index >= 15 is 0 Å².